The van der Waals surface area contributed by atoms with E-state index in [1.807, 2.05) is 0 Å². The molecule has 1 heterocycles. The Kier molecular flexibility index (Phi) is 4.98. The van der Waals surface area contributed by atoms with Crippen LogP contribution < -0.4 is 0 Å². The van der Waals surface area contributed by atoms with Crippen LogP contribution >= 0.6 is 11.6 Å². The summed E-state index contributed by atoms with van der Waals surface area (Å²) in [7, 11) is 0. The Morgan fingerprint density at radius 1 is 1.33 bits per heavy atom. The Hall–Kier alpha value is -0.640. The molecule has 1 unspecified atom stereocenters. The maximum absolute atomic E-state index is 13.2. The highest BCUT2D eigenvalue weighted by atomic mass is 35.5. The second-order valence-electron chi connectivity index (χ2n) is 4.89. The molecule has 0 aromatic heterocycles. The fourth-order valence-electron chi connectivity index (χ4n) is 2.53. The number of hydrogen-bond donors (Lipinski definition) is 1. The summed E-state index contributed by atoms with van der Waals surface area (Å²) in [5, 5.41) is 10.0. The molecule has 2 nitrogen and oxygen atoms in total. The van der Waals surface area contributed by atoms with Gasteiger partial charge < -0.3 is 5.11 Å². The molecule has 18 heavy (non-hydrogen) atoms. The number of aliphatic hydroxyl groups is 1. The Bertz CT molecular complexity index is 399. The van der Waals surface area contributed by atoms with E-state index in [1.54, 1.807) is 6.07 Å². The second kappa shape index (κ2) is 6.50. The molecule has 1 saturated heterocycles. The molecule has 0 saturated carbocycles. The van der Waals surface area contributed by atoms with Crippen molar-refractivity contribution in [2.45, 2.75) is 38.3 Å². The van der Waals surface area contributed by atoms with Gasteiger partial charge in [-0.1, -0.05) is 24.4 Å². The number of benzene rings is 1. The third-order valence-electron chi connectivity index (χ3n) is 3.59. The average molecular weight is 272 g/mol. The summed E-state index contributed by atoms with van der Waals surface area (Å²) in [4.78, 5) is 2.22. The molecule has 1 N–H and O–H groups in total. The van der Waals surface area contributed by atoms with Crippen molar-refractivity contribution < 1.29 is 9.50 Å². The first kappa shape index (κ1) is 13.8. The fraction of sp³-hybridized carbons (Fsp3) is 0.571. The first-order chi connectivity index (χ1) is 8.70. The molecular weight excluding hydrogens is 253 g/mol. The molecule has 0 bridgehead atoms. The Labute approximate surface area is 112 Å². The molecule has 0 amide bonds. The Balaban J connectivity index is 2.12. The maximum Gasteiger partial charge on any atom is 0.123 e. The molecule has 1 fully saturated rings. The van der Waals surface area contributed by atoms with Crippen molar-refractivity contribution in [3.63, 3.8) is 0 Å². The van der Waals surface area contributed by atoms with Gasteiger partial charge in [0.2, 0.25) is 0 Å². The Morgan fingerprint density at radius 3 is 2.94 bits per heavy atom. The molecule has 0 radical (unpaired) electrons. The van der Waals surface area contributed by atoms with E-state index in [-0.39, 0.29) is 18.5 Å². The van der Waals surface area contributed by atoms with Crippen LogP contribution in [0.4, 0.5) is 4.39 Å². The molecule has 2 rings (SSSR count). The molecule has 1 aliphatic heterocycles. The van der Waals surface area contributed by atoms with Gasteiger partial charge in [-0.05, 0) is 43.1 Å². The molecule has 4 heteroatoms. The lowest BCUT2D eigenvalue weighted by molar-refractivity contribution is 0.118. The van der Waals surface area contributed by atoms with E-state index in [4.69, 9.17) is 11.6 Å². The summed E-state index contributed by atoms with van der Waals surface area (Å²) < 4.78 is 13.2. The zero-order chi connectivity index (χ0) is 13.0. The van der Waals surface area contributed by atoms with E-state index in [0.29, 0.717) is 11.6 Å². The summed E-state index contributed by atoms with van der Waals surface area (Å²) in [5.41, 5.74) is 0.803. The van der Waals surface area contributed by atoms with Crippen molar-refractivity contribution in [3.05, 3.63) is 34.6 Å². The molecular formula is C14H19ClFNO. The summed E-state index contributed by atoms with van der Waals surface area (Å²) in [6.45, 7) is 1.72. The third kappa shape index (κ3) is 3.44. The fourth-order valence-corrected chi connectivity index (χ4v) is 2.71. The summed E-state index contributed by atoms with van der Waals surface area (Å²) in [6, 6.07) is 4.63. The van der Waals surface area contributed by atoms with Gasteiger partial charge in [-0.25, -0.2) is 4.39 Å². The lowest BCUT2D eigenvalue weighted by Gasteiger charge is -2.28. The largest absolute Gasteiger partial charge is 0.395 e. The highest BCUT2D eigenvalue weighted by Gasteiger charge is 2.21. The van der Waals surface area contributed by atoms with Crippen LogP contribution in [0.3, 0.4) is 0 Å². The molecule has 0 aliphatic carbocycles. The van der Waals surface area contributed by atoms with Gasteiger partial charge in [0.05, 0.1) is 6.61 Å². The Morgan fingerprint density at radius 2 is 2.17 bits per heavy atom. The van der Waals surface area contributed by atoms with Crippen molar-refractivity contribution >= 4 is 11.6 Å². The van der Waals surface area contributed by atoms with Gasteiger partial charge in [-0.2, -0.15) is 0 Å². The van der Waals surface area contributed by atoms with Gasteiger partial charge >= 0.3 is 0 Å². The van der Waals surface area contributed by atoms with Crippen LogP contribution in [0.2, 0.25) is 5.02 Å². The van der Waals surface area contributed by atoms with Crippen molar-refractivity contribution in [2.75, 3.05) is 13.2 Å². The van der Waals surface area contributed by atoms with Crippen molar-refractivity contribution in [2.24, 2.45) is 0 Å². The zero-order valence-corrected chi connectivity index (χ0v) is 11.2. The van der Waals surface area contributed by atoms with E-state index in [9.17, 15) is 9.50 Å². The minimum Gasteiger partial charge on any atom is -0.395 e. The first-order valence-electron chi connectivity index (χ1n) is 6.49. The molecule has 0 spiro atoms. The molecule has 1 aliphatic rings. The van der Waals surface area contributed by atoms with E-state index in [2.05, 4.69) is 4.90 Å². The van der Waals surface area contributed by atoms with Crippen LogP contribution in [0.15, 0.2) is 18.2 Å². The van der Waals surface area contributed by atoms with E-state index >= 15 is 0 Å². The quantitative estimate of drug-likeness (QED) is 0.912. The minimum atomic E-state index is -0.259. The van der Waals surface area contributed by atoms with Crippen molar-refractivity contribution in [1.82, 2.24) is 4.90 Å². The highest BCUT2D eigenvalue weighted by Crippen LogP contribution is 2.23. The van der Waals surface area contributed by atoms with Gasteiger partial charge in [-0.15, -0.1) is 0 Å². The van der Waals surface area contributed by atoms with Gasteiger partial charge in [0.1, 0.15) is 5.82 Å². The topological polar surface area (TPSA) is 23.5 Å². The van der Waals surface area contributed by atoms with E-state index < -0.39 is 0 Å². The number of hydrogen-bond acceptors (Lipinski definition) is 2. The van der Waals surface area contributed by atoms with Crippen LogP contribution in [-0.4, -0.2) is 29.2 Å². The smallest absolute Gasteiger partial charge is 0.123 e. The SMILES string of the molecule is OCC1CCCCCN1Cc1cc(F)ccc1Cl. The second-order valence-corrected chi connectivity index (χ2v) is 5.30. The summed E-state index contributed by atoms with van der Waals surface area (Å²) in [5.74, 6) is -0.259. The summed E-state index contributed by atoms with van der Waals surface area (Å²) in [6.07, 6.45) is 4.48. The maximum atomic E-state index is 13.2. The van der Waals surface area contributed by atoms with E-state index in [1.165, 1.54) is 18.6 Å². The standard InChI is InChI=1S/C14H19ClFNO/c15-14-6-5-12(16)8-11(14)9-17-7-3-1-2-4-13(17)10-18/h5-6,8,13,18H,1-4,7,9-10H2. The lowest BCUT2D eigenvalue weighted by atomic mass is 10.1. The van der Waals surface area contributed by atoms with Crippen molar-refractivity contribution in [1.29, 1.82) is 0 Å². The minimum absolute atomic E-state index is 0.160. The van der Waals surface area contributed by atoms with Gasteiger partial charge in [0.15, 0.2) is 0 Å². The van der Waals surface area contributed by atoms with Gasteiger partial charge in [-0.3, -0.25) is 4.90 Å². The number of likely N-dealkylation sites (tertiary alicyclic amines) is 1. The zero-order valence-electron chi connectivity index (χ0n) is 10.4. The lowest BCUT2D eigenvalue weighted by Crippen LogP contribution is -2.37. The molecule has 1 atom stereocenters. The van der Waals surface area contributed by atoms with Crippen LogP contribution in [0.25, 0.3) is 0 Å². The molecule has 100 valence electrons. The van der Waals surface area contributed by atoms with Crippen LogP contribution in [0.5, 0.6) is 0 Å². The predicted molar refractivity (Wildman–Crippen MR) is 71.2 cm³/mol. The predicted octanol–water partition coefficient (Wildman–Crippen LogP) is 3.22. The third-order valence-corrected chi connectivity index (χ3v) is 3.96. The number of rotatable bonds is 3. The van der Waals surface area contributed by atoms with Crippen LogP contribution in [0, 0.1) is 5.82 Å². The average Bonchev–Trinajstić information content (AvgIpc) is 2.59. The van der Waals surface area contributed by atoms with Crippen LogP contribution in [0.1, 0.15) is 31.2 Å². The molecule has 1 aromatic rings. The van der Waals surface area contributed by atoms with Crippen LogP contribution in [-0.2, 0) is 6.54 Å². The summed E-state index contributed by atoms with van der Waals surface area (Å²) >= 11 is 6.09. The van der Waals surface area contributed by atoms with Crippen molar-refractivity contribution in [3.8, 4) is 0 Å². The number of aliphatic hydroxyl groups excluding tert-OH is 1. The number of nitrogens with zero attached hydrogens (tertiary/aromatic N) is 1. The van der Waals surface area contributed by atoms with E-state index in [0.717, 1.165) is 31.4 Å². The monoisotopic (exact) mass is 271 g/mol. The number of halogens is 2. The van der Waals surface area contributed by atoms with Gasteiger partial charge in [0, 0.05) is 17.6 Å². The normalized spacial score (nSPS) is 21.8. The highest BCUT2D eigenvalue weighted by molar-refractivity contribution is 6.31. The van der Waals surface area contributed by atoms with Gasteiger partial charge in [0.25, 0.3) is 0 Å². The first-order valence-corrected chi connectivity index (χ1v) is 6.87. The molecule has 1 aromatic carbocycles.